The zero-order valence-electron chi connectivity index (χ0n) is 17.3. The predicted octanol–water partition coefficient (Wildman–Crippen LogP) is 6.50. The van der Waals surface area contributed by atoms with Gasteiger partial charge >= 0.3 is 6.18 Å². The van der Waals surface area contributed by atoms with Gasteiger partial charge in [0, 0.05) is 59.3 Å². The first-order valence-corrected chi connectivity index (χ1v) is 11.6. The lowest BCUT2D eigenvalue weighted by molar-refractivity contribution is -0.137. The second-order valence-corrected chi connectivity index (χ2v) is 9.15. The summed E-state index contributed by atoms with van der Waals surface area (Å²) in [6.07, 6.45) is -1.64. The van der Waals surface area contributed by atoms with Crippen LogP contribution in [-0.2, 0) is 25.7 Å². The highest BCUT2D eigenvalue weighted by Gasteiger charge is 2.30. The molecule has 168 valence electrons. The highest BCUT2D eigenvalue weighted by atomic mass is 35.5. The number of nitrogens with zero attached hydrogens (tertiary/aromatic N) is 4. The Kier molecular flexibility index (Phi) is 5.90. The molecule has 0 atom stereocenters. The van der Waals surface area contributed by atoms with Gasteiger partial charge in [-0.3, -0.25) is 4.90 Å². The summed E-state index contributed by atoms with van der Waals surface area (Å²) in [7, 11) is 0. The summed E-state index contributed by atoms with van der Waals surface area (Å²) in [4.78, 5) is 16.2. The van der Waals surface area contributed by atoms with E-state index in [1.54, 1.807) is 0 Å². The average Bonchev–Trinajstić information content (AvgIpc) is 3.27. The van der Waals surface area contributed by atoms with Crippen molar-refractivity contribution in [3.05, 3.63) is 87.6 Å². The van der Waals surface area contributed by atoms with Gasteiger partial charge in [0.2, 0.25) is 0 Å². The molecule has 4 nitrogen and oxygen atoms in total. The maximum atomic E-state index is 12.8. The maximum Gasteiger partial charge on any atom is 0.416 e. The van der Waals surface area contributed by atoms with E-state index in [2.05, 4.69) is 14.9 Å². The van der Waals surface area contributed by atoms with Gasteiger partial charge in [0.25, 0.3) is 0 Å². The van der Waals surface area contributed by atoms with Crippen LogP contribution in [0.4, 0.5) is 13.2 Å². The molecule has 0 bridgehead atoms. The maximum absolute atomic E-state index is 12.8. The third kappa shape index (κ3) is 4.93. The molecule has 33 heavy (non-hydrogen) atoms. The number of halogens is 4. The Morgan fingerprint density at radius 1 is 0.970 bits per heavy atom. The lowest BCUT2D eigenvalue weighted by atomic mass is 10.1. The van der Waals surface area contributed by atoms with E-state index in [0.29, 0.717) is 28.0 Å². The molecular weight excluding hydrogens is 469 g/mol. The Bertz CT molecular complexity index is 1270. The predicted molar refractivity (Wildman–Crippen MR) is 123 cm³/mol. The monoisotopic (exact) mass is 486 g/mol. The summed E-state index contributed by atoms with van der Waals surface area (Å²) in [6.45, 7) is 2.23. The van der Waals surface area contributed by atoms with Crippen molar-refractivity contribution in [2.75, 3.05) is 6.54 Å². The van der Waals surface area contributed by atoms with Crippen molar-refractivity contribution in [3.8, 4) is 22.0 Å². The summed E-state index contributed by atoms with van der Waals surface area (Å²) in [5, 5.41) is 3.35. The van der Waals surface area contributed by atoms with Gasteiger partial charge in [0.15, 0.2) is 5.82 Å². The summed E-state index contributed by atoms with van der Waals surface area (Å²) < 4.78 is 38.3. The van der Waals surface area contributed by atoms with E-state index in [-0.39, 0.29) is 0 Å². The van der Waals surface area contributed by atoms with Gasteiger partial charge in [0.1, 0.15) is 5.01 Å². The number of thiazole rings is 1. The van der Waals surface area contributed by atoms with Crippen LogP contribution in [0.15, 0.2) is 60.1 Å². The van der Waals surface area contributed by atoms with Crippen molar-refractivity contribution in [2.45, 2.75) is 25.7 Å². The number of aromatic nitrogens is 3. The lowest BCUT2D eigenvalue weighted by Crippen LogP contribution is -2.31. The van der Waals surface area contributed by atoms with Crippen molar-refractivity contribution < 1.29 is 13.2 Å². The third-order valence-electron chi connectivity index (χ3n) is 5.51. The van der Waals surface area contributed by atoms with E-state index in [0.717, 1.165) is 54.2 Å². The van der Waals surface area contributed by atoms with Crippen LogP contribution in [0.25, 0.3) is 22.0 Å². The molecule has 0 fully saturated rings. The second-order valence-electron chi connectivity index (χ2n) is 7.85. The minimum Gasteiger partial charge on any atom is -0.293 e. The van der Waals surface area contributed by atoms with Crippen molar-refractivity contribution in [1.82, 2.24) is 19.9 Å². The number of alkyl halides is 3. The third-order valence-corrected chi connectivity index (χ3v) is 6.70. The van der Waals surface area contributed by atoms with Crippen molar-refractivity contribution >= 4 is 22.9 Å². The van der Waals surface area contributed by atoms with Gasteiger partial charge < -0.3 is 0 Å². The molecular formula is C24H18ClF3N4S. The SMILES string of the molecule is FC(F)(F)c1ccc(-c2nc(CN3CCc4nc(-c5ccc(Cl)cc5)ncc4C3)cs2)cc1. The normalized spacial score (nSPS) is 14.3. The molecule has 2 aromatic carbocycles. The molecule has 0 saturated carbocycles. The number of benzene rings is 2. The fourth-order valence-corrected chi connectivity index (χ4v) is 4.73. The van der Waals surface area contributed by atoms with Crippen LogP contribution in [0, 0.1) is 0 Å². The first kappa shape index (κ1) is 22.0. The minimum atomic E-state index is -4.34. The van der Waals surface area contributed by atoms with Crippen molar-refractivity contribution in [3.63, 3.8) is 0 Å². The largest absolute Gasteiger partial charge is 0.416 e. The first-order chi connectivity index (χ1) is 15.8. The molecule has 0 N–H and O–H groups in total. The number of hydrogen-bond donors (Lipinski definition) is 0. The zero-order chi connectivity index (χ0) is 23.0. The van der Waals surface area contributed by atoms with Crippen LogP contribution >= 0.6 is 22.9 Å². The van der Waals surface area contributed by atoms with E-state index in [1.165, 1.54) is 23.5 Å². The fourth-order valence-electron chi connectivity index (χ4n) is 3.79. The van der Waals surface area contributed by atoms with Crippen LogP contribution < -0.4 is 0 Å². The highest BCUT2D eigenvalue weighted by Crippen LogP contribution is 2.32. The smallest absolute Gasteiger partial charge is 0.293 e. The number of fused-ring (bicyclic) bond motifs is 1. The molecule has 3 heterocycles. The summed E-state index contributed by atoms with van der Waals surface area (Å²) in [5.41, 5.74) is 4.01. The summed E-state index contributed by atoms with van der Waals surface area (Å²) >= 11 is 7.40. The molecule has 9 heteroatoms. The highest BCUT2D eigenvalue weighted by molar-refractivity contribution is 7.13. The van der Waals surface area contributed by atoms with Gasteiger partial charge in [-0.2, -0.15) is 13.2 Å². The van der Waals surface area contributed by atoms with Crippen molar-refractivity contribution in [2.24, 2.45) is 0 Å². The Balaban J connectivity index is 1.26. The molecule has 0 radical (unpaired) electrons. The van der Waals surface area contributed by atoms with Gasteiger partial charge in [-0.15, -0.1) is 11.3 Å². The standard InChI is InChI=1S/C24H18ClF3N4S/c25-19-7-3-15(4-8-19)22-29-11-17-12-32(10-9-21(17)31-22)13-20-14-33-23(30-20)16-1-5-18(6-2-16)24(26,27)28/h1-8,11,14H,9-10,12-13H2. The summed E-state index contributed by atoms with van der Waals surface area (Å²) in [6, 6.07) is 12.6. The zero-order valence-corrected chi connectivity index (χ0v) is 18.9. The van der Waals surface area contributed by atoms with Crippen LogP contribution in [0.1, 0.15) is 22.5 Å². The molecule has 0 aliphatic carbocycles. The molecule has 0 unspecified atom stereocenters. The van der Waals surface area contributed by atoms with E-state index in [1.807, 2.05) is 35.8 Å². The van der Waals surface area contributed by atoms with Gasteiger partial charge in [-0.1, -0.05) is 23.7 Å². The van der Waals surface area contributed by atoms with E-state index >= 15 is 0 Å². The molecule has 0 spiro atoms. The Morgan fingerprint density at radius 2 is 1.70 bits per heavy atom. The first-order valence-electron chi connectivity index (χ1n) is 10.3. The van der Waals surface area contributed by atoms with Crippen LogP contribution in [0.3, 0.4) is 0 Å². The summed E-state index contributed by atoms with van der Waals surface area (Å²) in [5.74, 6) is 0.694. The van der Waals surface area contributed by atoms with Crippen LogP contribution in [0.5, 0.6) is 0 Å². The Labute approximate surface area is 197 Å². The van der Waals surface area contributed by atoms with Gasteiger partial charge in [0.05, 0.1) is 17.0 Å². The average molecular weight is 487 g/mol. The van der Waals surface area contributed by atoms with Crippen molar-refractivity contribution in [1.29, 1.82) is 0 Å². The Morgan fingerprint density at radius 3 is 2.42 bits per heavy atom. The van der Waals surface area contributed by atoms with Gasteiger partial charge in [-0.25, -0.2) is 15.0 Å². The number of hydrogen-bond acceptors (Lipinski definition) is 5. The van der Waals surface area contributed by atoms with Gasteiger partial charge in [-0.05, 0) is 36.4 Å². The molecule has 0 amide bonds. The molecule has 2 aromatic heterocycles. The lowest BCUT2D eigenvalue weighted by Gasteiger charge is -2.27. The topological polar surface area (TPSA) is 41.9 Å². The van der Waals surface area contributed by atoms with E-state index in [9.17, 15) is 13.2 Å². The fraction of sp³-hybridized carbons (Fsp3) is 0.208. The molecule has 5 rings (SSSR count). The van der Waals surface area contributed by atoms with Crippen LogP contribution in [-0.4, -0.2) is 26.4 Å². The minimum absolute atomic E-state index is 0.656. The second kappa shape index (κ2) is 8.85. The number of rotatable bonds is 4. The van der Waals surface area contributed by atoms with E-state index in [4.69, 9.17) is 16.6 Å². The van der Waals surface area contributed by atoms with E-state index < -0.39 is 11.7 Å². The molecule has 1 aliphatic rings. The molecule has 0 saturated heterocycles. The quantitative estimate of drug-likeness (QED) is 0.330. The Hall–Kier alpha value is -2.81. The molecule has 1 aliphatic heterocycles. The van der Waals surface area contributed by atoms with Crippen LogP contribution in [0.2, 0.25) is 5.02 Å². The molecule has 4 aromatic rings.